The molecule has 2 saturated heterocycles. The van der Waals surface area contributed by atoms with Crippen molar-refractivity contribution in [3.05, 3.63) is 48.3 Å². The number of pyridine rings is 1. The van der Waals surface area contributed by atoms with Gasteiger partial charge >= 0.3 is 0 Å². The second kappa shape index (κ2) is 7.88. The van der Waals surface area contributed by atoms with Crippen LogP contribution in [-0.2, 0) is 0 Å². The molecule has 0 saturated carbocycles. The van der Waals surface area contributed by atoms with Crippen LogP contribution in [0.4, 0.5) is 23.1 Å². The van der Waals surface area contributed by atoms with Crippen LogP contribution in [0.3, 0.4) is 0 Å². The molecule has 0 unspecified atom stereocenters. The van der Waals surface area contributed by atoms with Crippen LogP contribution in [0.1, 0.15) is 12.0 Å². The number of rotatable bonds is 4. The number of hydrogen-bond donors (Lipinski definition) is 1. The van der Waals surface area contributed by atoms with E-state index in [2.05, 4.69) is 62.2 Å². The van der Waals surface area contributed by atoms with Gasteiger partial charge in [-0.15, -0.1) is 0 Å². The number of hydrogen-bond acceptors (Lipinski definition) is 8. The predicted molar refractivity (Wildman–Crippen MR) is 131 cm³/mol. The van der Waals surface area contributed by atoms with E-state index in [9.17, 15) is 0 Å². The van der Waals surface area contributed by atoms with E-state index < -0.39 is 0 Å². The number of piperazine rings is 1. The van der Waals surface area contributed by atoms with Crippen molar-refractivity contribution in [2.75, 3.05) is 55.5 Å². The van der Waals surface area contributed by atoms with Crippen LogP contribution in [0.15, 0.2) is 42.7 Å². The minimum atomic E-state index is 0.567. The topological polar surface area (TPSA) is 69.7 Å². The van der Waals surface area contributed by atoms with Crippen molar-refractivity contribution >= 4 is 23.1 Å². The summed E-state index contributed by atoms with van der Waals surface area (Å²) in [5, 5.41) is 3.37. The van der Waals surface area contributed by atoms with Gasteiger partial charge in [0.05, 0.1) is 12.2 Å². The second-order valence-electron chi connectivity index (χ2n) is 9.34. The highest BCUT2D eigenvalue weighted by Gasteiger charge is 2.41. The fraction of sp³-hybridized carbons (Fsp3) is 0.400. The van der Waals surface area contributed by atoms with E-state index in [-0.39, 0.29) is 0 Å². The first-order chi connectivity index (χ1) is 16.0. The van der Waals surface area contributed by atoms with Gasteiger partial charge in [-0.05, 0) is 56.3 Å². The molecule has 2 atom stereocenters. The molecule has 3 aliphatic heterocycles. The number of likely N-dealkylation sites (tertiary alicyclic amines) is 1. The Morgan fingerprint density at radius 1 is 1.06 bits per heavy atom. The van der Waals surface area contributed by atoms with E-state index in [0.29, 0.717) is 24.6 Å². The molecule has 0 radical (unpaired) electrons. The summed E-state index contributed by atoms with van der Waals surface area (Å²) in [7, 11) is 4.27. The summed E-state index contributed by atoms with van der Waals surface area (Å²) >= 11 is 0. The van der Waals surface area contributed by atoms with Gasteiger partial charge in [-0.3, -0.25) is 4.90 Å². The zero-order valence-corrected chi connectivity index (χ0v) is 19.3. The van der Waals surface area contributed by atoms with Gasteiger partial charge < -0.3 is 19.9 Å². The first-order valence-corrected chi connectivity index (χ1v) is 11.6. The molecule has 8 nitrogen and oxygen atoms in total. The number of likely N-dealkylation sites (N-methyl/N-ethyl adjacent to an activating group) is 2. The molecule has 3 aliphatic rings. The lowest BCUT2D eigenvalue weighted by Gasteiger charge is -2.34. The van der Waals surface area contributed by atoms with Gasteiger partial charge in [0.2, 0.25) is 5.95 Å². The zero-order valence-electron chi connectivity index (χ0n) is 19.3. The number of benzene rings is 1. The molecule has 1 aromatic carbocycles. The van der Waals surface area contributed by atoms with Crippen molar-refractivity contribution in [1.29, 1.82) is 0 Å². The Kier molecular flexibility index (Phi) is 4.83. The van der Waals surface area contributed by atoms with Gasteiger partial charge in [0.25, 0.3) is 0 Å². The maximum atomic E-state index is 5.80. The Bertz CT molecular complexity index is 1200. The molecule has 3 aromatic rings. The number of ether oxygens (including phenoxy) is 1. The molecule has 170 valence electrons. The summed E-state index contributed by atoms with van der Waals surface area (Å²) in [6.07, 6.45) is 4.89. The standard InChI is InChI=1S/C25H29N7O/c1-16-10-18(4-5-22(16)32-15-19-12-20(32)14-31(19)3)28-25-26-7-6-21(29-25)17-11-23-24(27-13-17)30(2)8-9-33-23/h4-7,10-11,13,19-20H,8-9,12,14-15H2,1-3H3,(H,26,28,29)/t19-,20-/m0/s1. The summed E-state index contributed by atoms with van der Waals surface area (Å²) in [6.45, 7) is 5.96. The summed E-state index contributed by atoms with van der Waals surface area (Å²) in [5.74, 6) is 2.23. The third-order valence-electron chi connectivity index (χ3n) is 7.11. The molecule has 6 rings (SSSR count). The Balaban J connectivity index is 1.21. The third-order valence-corrected chi connectivity index (χ3v) is 7.11. The fourth-order valence-electron chi connectivity index (χ4n) is 5.29. The minimum absolute atomic E-state index is 0.567. The Morgan fingerprint density at radius 3 is 2.76 bits per heavy atom. The van der Waals surface area contributed by atoms with Gasteiger partial charge in [-0.2, -0.15) is 0 Å². The molecule has 0 amide bonds. The van der Waals surface area contributed by atoms with Crippen LogP contribution in [0.5, 0.6) is 5.75 Å². The maximum Gasteiger partial charge on any atom is 0.227 e. The van der Waals surface area contributed by atoms with Crippen LogP contribution < -0.4 is 19.9 Å². The lowest BCUT2D eigenvalue weighted by Crippen LogP contribution is -2.44. The van der Waals surface area contributed by atoms with Crippen LogP contribution in [0.2, 0.25) is 0 Å². The predicted octanol–water partition coefficient (Wildman–Crippen LogP) is 3.31. The largest absolute Gasteiger partial charge is 0.488 e. The van der Waals surface area contributed by atoms with Crippen molar-refractivity contribution in [3.8, 4) is 17.0 Å². The smallest absolute Gasteiger partial charge is 0.227 e. The van der Waals surface area contributed by atoms with Crippen molar-refractivity contribution in [2.45, 2.75) is 25.4 Å². The van der Waals surface area contributed by atoms with Gasteiger partial charge in [0.1, 0.15) is 6.61 Å². The number of fused-ring (bicyclic) bond motifs is 3. The molecule has 33 heavy (non-hydrogen) atoms. The van der Waals surface area contributed by atoms with Crippen molar-refractivity contribution in [2.24, 2.45) is 0 Å². The highest BCUT2D eigenvalue weighted by Crippen LogP contribution is 2.36. The molecule has 1 N–H and O–H groups in total. The van der Waals surface area contributed by atoms with Crippen molar-refractivity contribution < 1.29 is 4.74 Å². The molecule has 2 bridgehead atoms. The van der Waals surface area contributed by atoms with E-state index in [1.165, 1.54) is 17.7 Å². The summed E-state index contributed by atoms with van der Waals surface area (Å²) < 4.78 is 5.80. The number of aryl methyl sites for hydroxylation is 1. The van der Waals surface area contributed by atoms with E-state index >= 15 is 0 Å². The van der Waals surface area contributed by atoms with Crippen molar-refractivity contribution in [1.82, 2.24) is 19.9 Å². The zero-order chi connectivity index (χ0) is 22.5. The highest BCUT2D eigenvalue weighted by molar-refractivity contribution is 5.68. The average molecular weight is 444 g/mol. The van der Waals surface area contributed by atoms with Gasteiger partial charge in [-0.25, -0.2) is 15.0 Å². The van der Waals surface area contributed by atoms with Crippen LogP contribution in [0, 0.1) is 6.92 Å². The number of nitrogens with one attached hydrogen (secondary N) is 1. The van der Waals surface area contributed by atoms with Crippen LogP contribution in [-0.4, -0.2) is 72.3 Å². The molecular weight excluding hydrogens is 414 g/mol. The second-order valence-corrected chi connectivity index (χ2v) is 9.34. The average Bonchev–Trinajstić information content (AvgIpc) is 3.39. The molecule has 0 aliphatic carbocycles. The monoisotopic (exact) mass is 443 g/mol. The minimum Gasteiger partial charge on any atom is -0.488 e. The fourth-order valence-corrected chi connectivity index (χ4v) is 5.29. The van der Waals surface area contributed by atoms with Crippen molar-refractivity contribution in [3.63, 3.8) is 0 Å². The summed E-state index contributed by atoms with van der Waals surface area (Å²) in [4.78, 5) is 20.9. The van der Waals surface area contributed by atoms with Gasteiger partial charge in [-0.1, -0.05) is 0 Å². The Morgan fingerprint density at radius 2 is 1.97 bits per heavy atom. The first kappa shape index (κ1) is 20.2. The van der Waals surface area contributed by atoms with Crippen LogP contribution in [0.25, 0.3) is 11.3 Å². The Hall–Kier alpha value is -3.39. The summed E-state index contributed by atoms with van der Waals surface area (Å²) in [5.41, 5.74) is 5.32. The first-order valence-electron chi connectivity index (χ1n) is 11.6. The number of nitrogens with zero attached hydrogens (tertiary/aromatic N) is 6. The van der Waals surface area contributed by atoms with Crippen LogP contribution >= 0.6 is 0 Å². The Labute approximate surface area is 194 Å². The van der Waals surface area contributed by atoms with Gasteiger partial charge in [0, 0.05) is 61.6 Å². The van der Waals surface area contributed by atoms with E-state index in [0.717, 1.165) is 48.1 Å². The van der Waals surface area contributed by atoms with E-state index in [4.69, 9.17) is 9.72 Å². The molecule has 8 heteroatoms. The molecule has 0 spiro atoms. The quantitative estimate of drug-likeness (QED) is 0.659. The highest BCUT2D eigenvalue weighted by atomic mass is 16.5. The lowest BCUT2D eigenvalue weighted by atomic mass is 10.1. The van der Waals surface area contributed by atoms with E-state index in [1.807, 2.05) is 25.4 Å². The van der Waals surface area contributed by atoms with E-state index in [1.54, 1.807) is 6.20 Å². The molecule has 2 fully saturated rings. The molecule has 5 heterocycles. The summed E-state index contributed by atoms with van der Waals surface area (Å²) in [6, 6.07) is 11.8. The third kappa shape index (κ3) is 3.64. The molecule has 2 aromatic heterocycles. The normalized spacial score (nSPS) is 21.8. The lowest BCUT2D eigenvalue weighted by molar-refractivity contribution is 0.292. The SMILES string of the molecule is Cc1cc(Nc2nccc(-c3cnc4c(c3)OCCN4C)n2)ccc1N1C[C@@H]2C[C@H]1CN2C. The maximum absolute atomic E-state index is 5.80. The molecular formula is C25H29N7O. The number of anilines is 4. The number of aromatic nitrogens is 3. The van der Waals surface area contributed by atoms with Gasteiger partial charge in [0.15, 0.2) is 11.6 Å².